The first-order valence-corrected chi connectivity index (χ1v) is 9.50. The fraction of sp³-hybridized carbons (Fsp3) is 0.273. The summed E-state index contributed by atoms with van der Waals surface area (Å²) in [7, 11) is -1.65. The maximum atomic E-state index is 12.2. The van der Waals surface area contributed by atoms with Crippen molar-refractivity contribution in [1.29, 1.82) is 0 Å². The van der Waals surface area contributed by atoms with E-state index in [0.717, 1.165) is 14.2 Å². The maximum Gasteiger partial charge on any atom is 0.242 e. The lowest BCUT2D eigenvalue weighted by molar-refractivity contribution is 0.580. The number of thiophene rings is 2. The molecule has 2 aromatic rings. The number of nitrogens with one attached hydrogen (secondary N) is 2. The van der Waals surface area contributed by atoms with E-state index >= 15 is 0 Å². The van der Waals surface area contributed by atoms with Crippen molar-refractivity contribution in [3.05, 3.63) is 37.1 Å². The van der Waals surface area contributed by atoms with Gasteiger partial charge in [0.25, 0.3) is 0 Å². The van der Waals surface area contributed by atoms with E-state index in [1.165, 1.54) is 22.7 Å². The van der Waals surface area contributed by atoms with E-state index in [1.54, 1.807) is 18.5 Å². The highest BCUT2D eigenvalue weighted by molar-refractivity contribution is 9.10. The van der Waals surface area contributed by atoms with E-state index in [2.05, 4.69) is 26.0 Å². The van der Waals surface area contributed by atoms with Crippen molar-refractivity contribution in [1.82, 2.24) is 10.0 Å². The Balaban J connectivity index is 2.11. The molecule has 19 heavy (non-hydrogen) atoms. The van der Waals surface area contributed by atoms with Gasteiger partial charge in [0, 0.05) is 32.7 Å². The molecule has 0 aliphatic heterocycles. The fourth-order valence-electron chi connectivity index (χ4n) is 1.55. The van der Waals surface area contributed by atoms with Gasteiger partial charge >= 0.3 is 0 Å². The molecule has 4 nitrogen and oxygen atoms in total. The molecular weight excluding hydrogens is 368 g/mol. The van der Waals surface area contributed by atoms with Crippen molar-refractivity contribution in [3.8, 4) is 0 Å². The van der Waals surface area contributed by atoms with Gasteiger partial charge in [0.2, 0.25) is 10.0 Å². The molecule has 0 aliphatic carbocycles. The van der Waals surface area contributed by atoms with Gasteiger partial charge in [-0.05, 0) is 40.5 Å². The zero-order chi connectivity index (χ0) is 13.9. The lowest BCUT2D eigenvalue weighted by atomic mass is 10.5. The van der Waals surface area contributed by atoms with Gasteiger partial charge < -0.3 is 5.32 Å². The normalized spacial score (nSPS) is 11.9. The van der Waals surface area contributed by atoms with Gasteiger partial charge in [-0.2, -0.15) is 0 Å². The summed E-state index contributed by atoms with van der Waals surface area (Å²) in [5.74, 6) is 0. The Hall–Kier alpha value is -0.250. The molecule has 0 spiro atoms. The third-order valence-electron chi connectivity index (χ3n) is 2.39. The van der Waals surface area contributed by atoms with Crippen LogP contribution in [0.2, 0.25) is 0 Å². The molecule has 0 atom stereocenters. The van der Waals surface area contributed by atoms with E-state index in [4.69, 9.17) is 0 Å². The maximum absolute atomic E-state index is 12.2. The molecule has 0 saturated heterocycles. The highest BCUT2D eigenvalue weighted by atomic mass is 79.9. The summed E-state index contributed by atoms with van der Waals surface area (Å²) >= 11 is 6.31. The molecular formula is C11H13BrN2O2S3. The first-order chi connectivity index (χ1) is 9.03. The Morgan fingerprint density at radius 3 is 2.74 bits per heavy atom. The summed E-state index contributed by atoms with van der Waals surface area (Å²) in [5, 5.41) is 6.70. The van der Waals surface area contributed by atoms with Crippen LogP contribution < -0.4 is 10.0 Å². The molecule has 2 heterocycles. The van der Waals surface area contributed by atoms with Crippen LogP contribution >= 0.6 is 38.6 Å². The van der Waals surface area contributed by atoms with Crippen LogP contribution in [0.3, 0.4) is 0 Å². The SMILES string of the molecule is CNCc1sccc1S(=O)(=O)NCc1cc(Br)cs1. The average Bonchev–Trinajstić information content (AvgIpc) is 2.97. The first-order valence-electron chi connectivity index (χ1n) is 5.46. The van der Waals surface area contributed by atoms with Crippen LogP contribution in [-0.4, -0.2) is 15.5 Å². The van der Waals surface area contributed by atoms with Gasteiger partial charge in [-0.1, -0.05) is 0 Å². The molecule has 104 valence electrons. The van der Waals surface area contributed by atoms with Crippen molar-refractivity contribution in [2.24, 2.45) is 0 Å². The lowest BCUT2D eigenvalue weighted by Crippen LogP contribution is -2.23. The summed E-state index contributed by atoms with van der Waals surface area (Å²) < 4.78 is 28.1. The lowest BCUT2D eigenvalue weighted by Gasteiger charge is -2.06. The number of rotatable bonds is 6. The Morgan fingerprint density at radius 2 is 2.11 bits per heavy atom. The van der Waals surface area contributed by atoms with Crippen LogP contribution in [-0.2, 0) is 23.1 Å². The highest BCUT2D eigenvalue weighted by Crippen LogP contribution is 2.23. The Kier molecular flexibility index (Phi) is 5.15. The van der Waals surface area contributed by atoms with Gasteiger partial charge in [0.05, 0.1) is 4.90 Å². The summed E-state index contributed by atoms with van der Waals surface area (Å²) in [6.45, 7) is 0.867. The molecule has 0 radical (unpaired) electrons. The monoisotopic (exact) mass is 380 g/mol. The van der Waals surface area contributed by atoms with Crippen LogP contribution in [0.4, 0.5) is 0 Å². The summed E-state index contributed by atoms with van der Waals surface area (Å²) in [5.41, 5.74) is 0. The van der Waals surface area contributed by atoms with E-state index in [0.29, 0.717) is 18.0 Å². The molecule has 2 aromatic heterocycles. The number of hydrogen-bond donors (Lipinski definition) is 2. The fourth-order valence-corrected chi connectivity index (χ4v) is 5.49. The largest absolute Gasteiger partial charge is 0.315 e. The third-order valence-corrected chi connectivity index (χ3v) is 6.62. The zero-order valence-electron chi connectivity index (χ0n) is 10.1. The second-order valence-corrected chi connectivity index (χ2v) is 8.44. The Labute approximate surface area is 129 Å². The quantitative estimate of drug-likeness (QED) is 0.809. The van der Waals surface area contributed by atoms with E-state index in [-0.39, 0.29) is 0 Å². The highest BCUT2D eigenvalue weighted by Gasteiger charge is 2.19. The topological polar surface area (TPSA) is 58.2 Å². The Bertz CT molecular complexity index is 648. The summed E-state index contributed by atoms with van der Waals surface area (Å²) in [6.07, 6.45) is 0. The van der Waals surface area contributed by atoms with E-state index in [9.17, 15) is 8.42 Å². The van der Waals surface area contributed by atoms with Crippen LogP contribution in [0.25, 0.3) is 0 Å². The molecule has 0 aromatic carbocycles. The van der Waals surface area contributed by atoms with E-state index in [1.807, 2.05) is 11.4 Å². The predicted molar refractivity (Wildman–Crippen MR) is 83.1 cm³/mol. The molecule has 0 unspecified atom stereocenters. The first kappa shape index (κ1) is 15.1. The van der Waals surface area contributed by atoms with Crippen molar-refractivity contribution >= 4 is 48.6 Å². The number of hydrogen-bond acceptors (Lipinski definition) is 5. The molecule has 0 amide bonds. The van der Waals surface area contributed by atoms with Gasteiger partial charge in [0.15, 0.2) is 0 Å². The standard InChI is InChI=1S/C11H13BrN2O2S3/c1-13-6-10-11(2-3-17-10)19(15,16)14-5-9-4-8(12)7-18-9/h2-4,7,13-14H,5-6H2,1H3. The van der Waals surface area contributed by atoms with Gasteiger partial charge in [-0.15, -0.1) is 22.7 Å². The minimum absolute atomic E-state index is 0.313. The van der Waals surface area contributed by atoms with Crippen molar-refractivity contribution in [2.45, 2.75) is 18.0 Å². The van der Waals surface area contributed by atoms with Crippen LogP contribution in [0, 0.1) is 0 Å². The average molecular weight is 381 g/mol. The molecule has 0 aliphatic rings. The summed E-state index contributed by atoms with van der Waals surface area (Å²) in [6, 6.07) is 3.55. The van der Waals surface area contributed by atoms with Crippen LogP contribution in [0.5, 0.6) is 0 Å². The smallest absolute Gasteiger partial charge is 0.242 e. The molecule has 0 fully saturated rings. The molecule has 0 saturated carbocycles. The van der Waals surface area contributed by atoms with Gasteiger partial charge in [0.1, 0.15) is 0 Å². The second kappa shape index (κ2) is 6.47. The summed E-state index contributed by atoms with van der Waals surface area (Å²) in [4.78, 5) is 2.16. The van der Waals surface area contributed by atoms with Crippen LogP contribution in [0.15, 0.2) is 32.3 Å². The van der Waals surface area contributed by atoms with Crippen molar-refractivity contribution < 1.29 is 8.42 Å². The minimum atomic E-state index is -3.45. The second-order valence-electron chi connectivity index (χ2n) is 3.79. The number of sulfonamides is 1. The molecule has 8 heteroatoms. The van der Waals surface area contributed by atoms with E-state index < -0.39 is 10.0 Å². The molecule has 0 bridgehead atoms. The number of halogens is 1. The third kappa shape index (κ3) is 3.87. The zero-order valence-corrected chi connectivity index (χ0v) is 14.2. The Morgan fingerprint density at radius 1 is 1.32 bits per heavy atom. The predicted octanol–water partition coefficient (Wildman–Crippen LogP) is 2.77. The van der Waals surface area contributed by atoms with Gasteiger partial charge in [-0.25, -0.2) is 13.1 Å². The van der Waals surface area contributed by atoms with Crippen molar-refractivity contribution in [3.63, 3.8) is 0 Å². The van der Waals surface area contributed by atoms with Crippen molar-refractivity contribution in [2.75, 3.05) is 7.05 Å². The minimum Gasteiger partial charge on any atom is -0.315 e. The molecule has 2 rings (SSSR count). The van der Waals surface area contributed by atoms with Gasteiger partial charge in [-0.3, -0.25) is 0 Å². The molecule has 2 N–H and O–H groups in total. The van der Waals surface area contributed by atoms with Crippen LogP contribution in [0.1, 0.15) is 9.75 Å².